The van der Waals surface area contributed by atoms with Crippen LogP contribution in [0.3, 0.4) is 0 Å². The molecule has 0 saturated carbocycles. The maximum absolute atomic E-state index is 12.8. The zero-order valence-corrected chi connectivity index (χ0v) is 19.9. The average molecular weight is 460 g/mol. The molecule has 0 bridgehead atoms. The van der Waals surface area contributed by atoms with Gasteiger partial charge in [0.25, 0.3) is 5.91 Å². The van der Waals surface area contributed by atoms with Crippen LogP contribution in [0.2, 0.25) is 0 Å². The third kappa shape index (κ3) is 5.49. The standard InChI is InChI=1S/C27H29N3O4/c1-5-32-22-9-11-23(12-10-22)33-17-24-13-14-25(34-24)27(31)28-26-19(3)29-30(20(26)4)16-21-8-6-7-18(2)15-21/h6-15H,5,16-17H2,1-4H3,(H,28,31). The Morgan fingerprint density at radius 3 is 2.44 bits per heavy atom. The zero-order valence-electron chi connectivity index (χ0n) is 19.9. The molecule has 1 amide bonds. The number of rotatable bonds is 9. The molecule has 0 spiro atoms. The summed E-state index contributed by atoms with van der Waals surface area (Å²) in [5.74, 6) is 1.93. The van der Waals surface area contributed by atoms with Crippen LogP contribution in [0.25, 0.3) is 0 Å². The summed E-state index contributed by atoms with van der Waals surface area (Å²) in [6.07, 6.45) is 0. The van der Waals surface area contributed by atoms with E-state index in [1.165, 1.54) is 5.56 Å². The van der Waals surface area contributed by atoms with Crippen LogP contribution in [0.1, 0.15) is 45.8 Å². The van der Waals surface area contributed by atoms with Gasteiger partial charge in [-0.05, 0) is 69.7 Å². The Labute approximate surface area is 199 Å². The molecule has 2 aromatic heterocycles. The lowest BCUT2D eigenvalue weighted by Gasteiger charge is -2.07. The minimum Gasteiger partial charge on any atom is -0.494 e. The average Bonchev–Trinajstić information content (AvgIpc) is 3.39. The summed E-state index contributed by atoms with van der Waals surface area (Å²) in [7, 11) is 0. The van der Waals surface area contributed by atoms with Gasteiger partial charge >= 0.3 is 0 Å². The predicted molar refractivity (Wildman–Crippen MR) is 131 cm³/mol. The van der Waals surface area contributed by atoms with E-state index in [0.29, 0.717) is 30.3 Å². The van der Waals surface area contributed by atoms with Crippen molar-refractivity contribution >= 4 is 11.6 Å². The van der Waals surface area contributed by atoms with Crippen LogP contribution in [0.4, 0.5) is 5.69 Å². The van der Waals surface area contributed by atoms with Crippen molar-refractivity contribution in [3.63, 3.8) is 0 Å². The van der Waals surface area contributed by atoms with Crippen molar-refractivity contribution in [2.45, 2.75) is 40.8 Å². The Balaban J connectivity index is 1.38. The molecule has 0 atom stereocenters. The Kier molecular flexibility index (Phi) is 7.01. The van der Waals surface area contributed by atoms with E-state index in [1.807, 2.05) is 55.8 Å². The molecule has 0 aliphatic heterocycles. The minimum absolute atomic E-state index is 0.216. The summed E-state index contributed by atoms with van der Waals surface area (Å²) in [6, 6.07) is 19.1. The summed E-state index contributed by atoms with van der Waals surface area (Å²) in [5, 5.41) is 7.56. The van der Waals surface area contributed by atoms with Gasteiger partial charge < -0.3 is 19.2 Å². The molecule has 0 aliphatic rings. The van der Waals surface area contributed by atoms with Crippen LogP contribution in [0.5, 0.6) is 11.5 Å². The molecule has 7 heteroatoms. The third-order valence-electron chi connectivity index (χ3n) is 5.44. The van der Waals surface area contributed by atoms with Gasteiger partial charge in [0.15, 0.2) is 5.76 Å². The molecule has 0 fully saturated rings. The number of nitrogens with zero attached hydrogens (tertiary/aromatic N) is 2. The van der Waals surface area contributed by atoms with Crippen LogP contribution in [0, 0.1) is 20.8 Å². The molecule has 34 heavy (non-hydrogen) atoms. The molecule has 4 rings (SSSR count). The van der Waals surface area contributed by atoms with Gasteiger partial charge in [-0.2, -0.15) is 5.10 Å². The number of benzene rings is 2. The first-order chi connectivity index (χ1) is 16.4. The molecule has 0 aliphatic carbocycles. The maximum atomic E-state index is 12.8. The molecular formula is C27H29N3O4. The summed E-state index contributed by atoms with van der Waals surface area (Å²) in [4.78, 5) is 12.8. The van der Waals surface area contributed by atoms with Crippen LogP contribution in [-0.4, -0.2) is 22.3 Å². The van der Waals surface area contributed by atoms with Crippen molar-refractivity contribution < 1.29 is 18.7 Å². The summed E-state index contributed by atoms with van der Waals surface area (Å²) < 4.78 is 18.8. The smallest absolute Gasteiger partial charge is 0.291 e. The second kappa shape index (κ2) is 10.3. The number of hydrogen-bond acceptors (Lipinski definition) is 5. The van der Waals surface area contributed by atoms with Gasteiger partial charge in [0.05, 0.1) is 30.2 Å². The van der Waals surface area contributed by atoms with E-state index < -0.39 is 0 Å². The van der Waals surface area contributed by atoms with Crippen LogP contribution in [0.15, 0.2) is 65.1 Å². The number of furan rings is 1. The number of amides is 1. The van der Waals surface area contributed by atoms with Gasteiger partial charge in [-0.15, -0.1) is 0 Å². The summed E-state index contributed by atoms with van der Waals surface area (Å²) in [5.41, 5.74) is 4.70. The number of anilines is 1. The monoisotopic (exact) mass is 459 g/mol. The van der Waals surface area contributed by atoms with E-state index in [2.05, 4.69) is 35.5 Å². The fourth-order valence-corrected chi connectivity index (χ4v) is 3.72. The first kappa shape index (κ1) is 23.2. The first-order valence-electron chi connectivity index (χ1n) is 11.3. The highest BCUT2D eigenvalue weighted by Gasteiger charge is 2.18. The third-order valence-corrected chi connectivity index (χ3v) is 5.44. The van der Waals surface area contributed by atoms with Gasteiger partial charge in [-0.25, -0.2) is 0 Å². The number of carbonyl (C=O) groups excluding carboxylic acids is 1. The van der Waals surface area contributed by atoms with Crippen molar-refractivity contribution in [1.29, 1.82) is 0 Å². The lowest BCUT2D eigenvalue weighted by atomic mass is 10.1. The molecule has 0 saturated heterocycles. The zero-order chi connectivity index (χ0) is 24.1. The van der Waals surface area contributed by atoms with Crippen molar-refractivity contribution in [3.05, 3.63) is 94.7 Å². The highest BCUT2D eigenvalue weighted by Crippen LogP contribution is 2.23. The Hall–Kier alpha value is -4.00. The van der Waals surface area contributed by atoms with E-state index in [9.17, 15) is 4.79 Å². The van der Waals surface area contributed by atoms with Gasteiger partial charge in [0.1, 0.15) is 23.9 Å². The first-order valence-corrected chi connectivity index (χ1v) is 11.3. The molecule has 7 nitrogen and oxygen atoms in total. The van der Waals surface area contributed by atoms with Gasteiger partial charge in [-0.1, -0.05) is 29.8 Å². The number of carbonyl (C=O) groups is 1. The SMILES string of the molecule is CCOc1ccc(OCc2ccc(C(=O)Nc3c(C)nn(Cc4cccc(C)c4)c3C)o2)cc1. The van der Waals surface area contributed by atoms with E-state index in [0.717, 1.165) is 22.7 Å². The van der Waals surface area contributed by atoms with Gasteiger partial charge in [-0.3, -0.25) is 9.48 Å². The van der Waals surface area contributed by atoms with Crippen molar-refractivity contribution in [3.8, 4) is 11.5 Å². The van der Waals surface area contributed by atoms with Crippen molar-refractivity contribution in [2.24, 2.45) is 0 Å². The van der Waals surface area contributed by atoms with E-state index in [-0.39, 0.29) is 18.3 Å². The number of aryl methyl sites for hydroxylation is 2. The number of aromatic nitrogens is 2. The summed E-state index contributed by atoms with van der Waals surface area (Å²) in [6.45, 7) is 9.30. The molecule has 0 unspecified atom stereocenters. The van der Waals surface area contributed by atoms with Crippen molar-refractivity contribution in [1.82, 2.24) is 9.78 Å². The second-order valence-electron chi connectivity index (χ2n) is 8.11. The van der Waals surface area contributed by atoms with Crippen LogP contribution < -0.4 is 14.8 Å². The highest BCUT2D eigenvalue weighted by molar-refractivity contribution is 6.02. The van der Waals surface area contributed by atoms with Gasteiger partial charge in [0, 0.05) is 0 Å². The minimum atomic E-state index is -0.325. The predicted octanol–water partition coefficient (Wildman–Crippen LogP) is 5.68. The fraction of sp³-hybridized carbons (Fsp3) is 0.259. The van der Waals surface area contributed by atoms with Gasteiger partial charge in [0.2, 0.25) is 0 Å². The second-order valence-corrected chi connectivity index (χ2v) is 8.11. The van der Waals surface area contributed by atoms with E-state index in [4.69, 9.17) is 13.9 Å². The molecule has 0 radical (unpaired) electrons. The number of hydrogen-bond donors (Lipinski definition) is 1. The highest BCUT2D eigenvalue weighted by atomic mass is 16.5. The largest absolute Gasteiger partial charge is 0.494 e. The number of ether oxygens (including phenoxy) is 2. The molecular weight excluding hydrogens is 430 g/mol. The quantitative estimate of drug-likeness (QED) is 0.348. The number of nitrogens with one attached hydrogen (secondary N) is 1. The molecule has 2 heterocycles. The Morgan fingerprint density at radius 1 is 1.00 bits per heavy atom. The van der Waals surface area contributed by atoms with Crippen LogP contribution in [-0.2, 0) is 13.2 Å². The summed E-state index contributed by atoms with van der Waals surface area (Å²) >= 11 is 0. The Bertz CT molecular complexity index is 1270. The molecule has 4 aromatic rings. The lowest BCUT2D eigenvalue weighted by Crippen LogP contribution is -2.12. The maximum Gasteiger partial charge on any atom is 0.291 e. The molecule has 176 valence electrons. The lowest BCUT2D eigenvalue weighted by molar-refractivity contribution is 0.0992. The molecule has 2 aromatic carbocycles. The Morgan fingerprint density at radius 2 is 1.74 bits per heavy atom. The topological polar surface area (TPSA) is 78.5 Å². The van der Waals surface area contributed by atoms with Crippen LogP contribution >= 0.6 is 0 Å². The fourth-order valence-electron chi connectivity index (χ4n) is 3.72. The molecule has 1 N–H and O–H groups in total. The van der Waals surface area contributed by atoms with Crippen molar-refractivity contribution in [2.75, 3.05) is 11.9 Å². The van der Waals surface area contributed by atoms with E-state index in [1.54, 1.807) is 12.1 Å². The van der Waals surface area contributed by atoms with E-state index >= 15 is 0 Å². The normalized spacial score (nSPS) is 10.8.